The van der Waals surface area contributed by atoms with Crippen molar-refractivity contribution in [2.45, 2.75) is 6.18 Å². The molecule has 92 valence electrons. The maximum atomic E-state index is 11.9. The minimum absolute atomic E-state index is 0.176. The van der Waals surface area contributed by atoms with Crippen LogP contribution >= 0.6 is 15.9 Å². The van der Waals surface area contributed by atoms with E-state index in [1.54, 1.807) is 0 Å². The van der Waals surface area contributed by atoms with Gasteiger partial charge in [0.15, 0.2) is 0 Å². The number of carboxylic acid groups (broad SMARTS) is 1. The number of hydrogen-bond acceptors (Lipinski definition) is 3. The van der Waals surface area contributed by atoms with Crippen LogP contribution in [0.4, 0.5) is 19.0 Å². The van der Waals surface area contributed by atoms with Crippen molar-refractivity contribution < 1.29 is 27.9 Å². The highest BCUT2D eigenvalue weighted by Gasteiger charge is 2.38. The number of aromatic nitrogens is 1. The van der Waals surface area contributed by atoms with Crippen molar-refractivity contribution in [2.24, 2.45) is 0 Å². The number of amides is 1. The molecule has 1 rings (SSSR count). The van der Waals surface area contributed by atoms with Crippen molar-refractivity contribution in [3.05, 3.63) is 22.3 Å². The molecule has 1 aromatic rings. The number of nitrogens with zero attached hydrogens (tertiary/aromatic N) is 1. The molecular weight excluding hydrogens is 309 g/mol. The summed E-state index contributed by atoms with van der Waals surface area (Å²) >= 11 is 2.76. The maximum Gasteiger partial charge on any atom is 0.471 e. The molecule has 17 heavy (non-hydrogen) atoms. The van der Waals surface area contributed by atoms with Crippen LogP contribution in [-0.2, 0) is 4.79 Å². The van der Waals surface area contributed by atoms with Gasteiger partial charge in [-0.05, 0) is 28.1 Å². The lowest BCUT2D eigenvalue weighted by atomic mass is 10.3. The molecule has 0 saturated carbocycles. The van der Waals surface area contributed by atoms with Gasteiger partial charge in [0.2, 0.25) is 0 Å². The fraction of sp³-hybridized carbons (Fsp3) is 0.125. The summed E-state index contributed by atoms with van der Waals surface area (Å²) in [5, 5.41) is 10.1. The highest BCUT2D eigenvalue weighted by atomic mass is 79.9. The fourth-order valence-corrected chi connectivity index (χ4v) is 1.34. The van der Waals surface area contributed by atoms with E-state index in [2.05, 4.69) is 20.9 Å². The van der Waals surface area contributed by atoms with Crippen molar-refractivity contribution >= 4 is 33.6 Å². The Morgan fingerprint density at radius 1 is 1.35 bits per heavy atom. The third-order valence-corrected chi connectivity index (χ3v) is 2.18. The van der Waals surface area contributed by atoms with Crippen LogP contribution in [-0.4, -0.2) is 28.1 Å². The second-order valence-electron chi connectivity index (χ2n) is 2.79. The van der Waals surface area contributed by atoms with Gasteiger partial charge in [0, 0.05) is 0 Å². The average molecular weight is 313 g/mol. The minimum Gasteiger partial charge on any atom is -0.478 e. The zero-order chi connectivity index (χ0) is 13.2. The number of alkyl halides is 3. The topological polar surface area (TPSA) is 79.3 Å². The summed E-state index contributed by atoms with van der Waals surface area (Å²) in [5.74, 6) is -3.87. The molecule has 0 atom stereocenters. The molecule has 5 nitrogen and oxygen atoms in total. The molecule has 1 heterocycles. The van der Waals surface area contributed by atoms with E-state index < -0.39 is 23.9 Å². The van der Waals surface area contributed by atoms with Gasteiger partial charge in [-0.3, -0.25) is 4.79 Å². The van der Waals surface area contributed by atoms with Gasteiger partial charge < -0.3 is 10.4 Å². The van der Waals surface area contributed by atoms with Crippen LogP contribution < -0.4 is 5.32 Å². The molecule has 0 aromatic carbocycles. The molecule has 2 N–H and O–H groups in total. The van der Waals surface area contributed by atoms with Gasteiger partial charge in [0.25, 0.3) is 0 Å². The molecule has 0 saturated heterocycles. The Hall–Kier alpha value is -1.64. The monoisotopic (exact) mass is 312 g/mol. The van der Waals surface area contributed by atoms with E-state index >= 15 is 0 Å². The summed E-state index contributed by atoms with van der Waals surface area (Å²) in [7, 11) is 0. The van der Waals surface area contributed by atoms with Crippen LogP contribution in [0.1, 0.15) is 10.4 Å². The average Bonchev–Trinajstić information content (AvgIpc) is 2.15. The number of carbonyl (C=O) groups is 2. The molecule has 0 spiro atoms. The molecule has 0 aliphatic carbocycles. The smallest absolute Gasteiger partial charge is 0.471 e. The number of pyridine rings is 1. The summed E-state index contributed by atoms with van der Waals surface area (Å²) in [5.41, 5.74) is -0.227. The number of aromatic carboxylic acids is 1. The predicted octanol–water partition coefficient (Wildman–Crippen LogP) is 2.04. The lowest BCUT2D eigenvalue weighted by Gasteiger charge is -2.07. The highest BCUT2D eigenvalue weighted by Crippen LogP contribution is 2.20. The van der Waals surface area contributed by atoms with E-state index in [9.17, 15) is 22.8 Å². The van der Waals surface area contributed by atoms with Crippen LogP contribution in [0.3, 0.4) is 0 Å². The van der Waals surface area contributed by atoms with Crippen LogP contribution in [0.15, 0.2) is 16.7 Å². The van der Waals surface area contributed by atoms with E-state index in [0.717, 1.165) is 12.1 Å². The second-order valence-corrected chi connectivity index (χ2v) is 3.54. The quantitative estimate of drug-likeness (QED) is 0.819. The molecule has 0 fully saturated rings. The first-order valence-corrected chi connectivity index (χ1v) is 4.79. The predicted molar refractivity (Wildman–Crippen MR) is 53.6 cm³/mol. The highest BCUT2D eigenvalue weighted by molar-refractivity contribution is 9.10. The Labute approximate surface area is 101 Å². The first-order valence-electron chi connectivity index (χ1n) is 4.00. The number of hydrogen-bond donors (Lipinski definition) is 2. The zero-order valence-electron chi connectivity index (χ0n) is 7.88. The van der Waals surface area contributed by atoms with Gasteiger partial charge in [-0.25, -0.2) is 9.78 Å². The Morgan fingerprint density at radius 3 is 2.35 bits per heavy atom. The van der Waals surface area contributed by atoms with Crippen molar-refractivity contribution in [3.63, 3.8) is 0 Å². The third-order valence-electron chi connectivity index (χ3n) is 1.58. The van der Waals surface area contributed by atoms with Gasteiger partial charge in [0.1, 0.15) is 10.4 Å². The lowest BCUT2D eigenvalue weighted by Crippen LogP contribution is -2.30. The summed E-state index contributed by atoms with van der Waals surface area (Å²) in [6.45, 7) is 0. The van der Waals surface area contributed by atoms with E-state index in [1.165, 1.54) is 5.32 Å². The molecule has 9 heteroatoms. The van der Waals surface area contributed by atoms with Gasteiger partial charge in [0.05, 0.1) is 5.56 Å². The number of carboxylic acids is 1. The van der Waals surface area contributed by atoms with Gasteiger partial charge in [-0.15, -0.1) is 0 Å². The van der Waals surface area contributed by atoms with Crippen molar-refractivity contribution in [1.29, 1.82) is 0 Å². The normalized spacial score (nSPS) is 11.1. The number of halogens is 4. The summed E-state index contributed by atoms with van der Waals surface area (Å²) in [6, 6.07) is 1.98. The molecule has 0 aliphatic heterocycles. The Balaban J connectivity index is 2.92. The molecule has 1 amide bonds. The number of anilines is 1. The Morgan fingerprint density at radius 2 is 1.94 bits per heavy atom. The van der Waals surface area contributed by atoms with Crippen LogP contribution in [0, 0.1) is 0 Å². The Bertz CT molecular complexity index is 476. The fourth-order valence-electron chi connectivity index (χ4n) is 0.851. The molecule has 0 radical (unpaired) electrons. The number of rotatable bonds is 2. The third kappa shape index (κ3) is 3.41. The standard InChI is InChI=1S/C8H4BrF3N2O3/c9-5-3(6(15)16)1-2-4(13-5)14-7(17)8(10,11)12/h1-2H,(H,15,16)(H,13,14,17). The van der Waals surface area contributed by atoms with E-state index in [0.29, 0.717) is 0 Å². The molecule has 0 aliphatic rings. The van der Waals surface area contributed by atoms with Gasteiger partial charge >= 0.3 is 18.1 Å². The lowest BCUT2D eigenvalue weighted by molar-refractivity contribution is -0.167. The molecule has 0 unspecified atom stereocenters. The van der Waals surface area contributed by atoms with Crippen LogP contribution in [0.5, 0.6) is 0 Å². The van der Waals surface area contributed by atoms with Crippen molar-refractivity contribution in [3.8, 4) is 0 Å². The Kier molecular flexibility index (Phi) is 3.71. The van der Waals surface area contributed by atoms with E-state index in [1.807, 2.05) is 0 Å². The molecular formula is C8H4BrF3N2O3. The van der Waals surface area contributed by atoms with Crippen LogP contribution in [0.2, 0.25) is 0 Å². The maximum absolute atomic E-state index is 11.9. The van der Waals surface area contributed by atoms with Crippen molar-refractivity contribution in [2.75, 3.05) is 5.32 Å². The largest absolute Gasteiger partial charge is 0.478 e. The SMILES string of the molecule is O=C(O)c1ccc(NC(=O)C(F)(F)F)nc1Br. The van der Waals surface area contributed by atoms with E-state index in [4.69, 9.17) is 5.11 Å². The van der Waals surface area contributed by atoms with E-state index in [-0.39, 0.29) is 10.2 Å². The second kappa shape index (κ2) is 4.70. The summed E-state index contributed by atoms with van der Waals surface area (Å²) in [4.78, 5) is 24.6. The van der Waals surface area contributed by atoms with Crippen LogP contribution in [0.25, 0.3) is 0 Å². The van der Waals surface area contributed by atoms with Crippen molar-refractivity contribution in [1.82, 2.24) is 4.98 Å². The van der Waals surface area contributed by atoms with Gasteiger partial charge in [-0.2, -0.15) is 13.2 Å². The summed E-state index contributed by atoms with van der Waals surface area (Å²) < 4.78 is 35.5. The van der Waals surface area contributed by atoms with Gasteiger partial charge in [-0.1, -0.05) is 0 Å². The number of carbonyl (C=O) groups excluding carboxylic acids is 1. The summed E-state index contributed by atoms with van der Waals surface area (Å²) in [6.07, 6.45) is -5.03. The first kappa shape index (κ1) is 13.4. The first-order chi connectivity index (χ1) is 7.71. The number of nitrogens with one attached hydrogen (secondary N) is 1. The minimum atomic E-state index is -5.03. The zero-order valence-corrected chi connectivity index (χ0v) is 9.46. The molecule has 0 bridgehead atoms. The molecule has 1 aromatic heterocycles.